The lowest BCUT2D eigenvalue weighted by molar-refractivity contribution is -0.140. The van der Waals surface area contributed by atoms with Gasteiger partial charge < -0.3 is 5.11 Å². The standard InChI is InChI=1S/C8H10F3NOS/c1-5-4-14-7(12-5)6(13)2-3-8(9,10)11/h4,6,13H,2-3H2,1H3. The first-order chi connectivity index (χ1) is 6.38. The van der Waals surface area contributed by atoms with E-state index in [2.05, 4.69) is 4.98 Å². The molecule has 80 valence electrons. The summed E-state index contributed by atoms with van der Waals surface area (Å²) in [6.07, 6.45) is -6.62. The number of aryl methyl sites for hydroxylation is 1. The van der Waals surface area contributed by atoms with E-state index in [9.17, 15) is 18.3 Å². The third-order valence-corrected chi connectivity index (χ3v) is 2.69. The third kappa shape index (κ3) is 3.63. The minimum Gasteiger partial charge on any atom is -0.386 e. The number of halogens is 3. The molecule has 1 N–H and O–H groups in total. The van der Waals surface area contributed by atoms with Gasteiger partial charge in [-0.1, -0.05) is 0 Å². The van der Waals surface area contributed by atoms with Gasteiger partial charge in [-0.25, -0.2) is 4.98 Å². The van der Waals surface area contributed by atoms with E-state index in [0.717, 1.165) is 5.69 Å². The Bertz CT molecular complexity index is 297. The minimum absolute atomic E-state index is 0.323. The number of alkyl halides is 3. The second-order valence-corrected chi connectivity index (χ2v) is 3.89. The van der Waals surface area contributed by atoms with Crippen LogP contribution in [0.15, 0.2) is 5.38 Å². The van der Waals surface area contributed by atoms with Crippen molar-refractivity contribution in [1.29, 1.82) is 0 Å². The van der Waals surface area contributed by atoms with E-state index in [1.807, 2.05) is 0 Å². The summed E-state index contributed by atoms with van der Waals surface area (Å²) in [6.45, 7) is 1.73. The first-order valence-corrected chi connectivity index (χ1v) is 4.93. The highest BCUT2D eigenvalue weighted by Gasteiger charge is 2.28. The number of aliphatic hydroxyl groups is 1. The molecule has 1 rings (SSSR count). The van der Waals surface area contributed by atoms with E-state index in [-0.39, 0.29) is 6.42 Å². The topological polar surface area (TPSA) is 33.1 Å². The molecule has 0 fully saturated rings. The maximum atomic E-state index is 11.8. The molecule has 2 nitrogen and oxygen atoms in total. The van der Waals surface area contributed by atoms with Crippen molar-refractivity contribution in [3.63, 3.8) is 0 Å². The van der Waals surface area contributed by atoms with Gasteiger partial charge in [0.1, 0.15) is 11.1 Å². The summed E-state index contributed by atoms with van der Waals surface area (Å²) in [4.78, 5) is 3.91. The highest BCUT2D eigenvalue weighted by molar-refractivity contribution is 7.09. The number of thiazole rings is 1. The zero-order valence-corrected chi connectivity index (χ0v) is 8.32. The molecule has 0 aliphatic rings. The van der Waals surface area contributed by atoms with Crippen LogP contribution in [-0.2, 0) is 0 Å². The smallest absolute Gasteiger partial charge is 0.386 e. The molecular formula is C8H10F3NOS. The fourth-order valence-corrected chi connectivity index (χ4v) is 1.76. The van der Waals surface area contributed by atoms with Gasteiger partial charge in [-0.3, -0.25) is 0 Å². The van der Waals surface area contributed by atoms with E-state index >= 15 is 0 Å². The molecule has 0 radical (unpaired) electrons. The van der Waals surface area contributed by atoms with Crippen molar-refractivity contribution < 1.29 is 18.3 Å². The highest BCUT2D eigenvalue weighted by Crippen LogP contribution is 2.28. The zero-order chi connectivity index (χ0) is 10.8. The molecule has 1 aromatic heterocycles. The lowest BCUT2D eigenvalue weighted by Crippen LogP contribution is -2.09. The van der Waals surface area contributed by atoms with Crippen molar-refractivity contribution >= 4 is 11.3 Å². The van der Waals surface area contributed by atoms with Crippen LogP contribution in [0.2, 0.25) is 0 Å². The predicted octanol–water partition coefficient (Wildman–Crippen LogP) is 2.83. The van der Waals surface area contributed by atoms with Crippen LogP contribution >= 0.6 is 11.3 Å². The fourth-order valence-electron chi connectivity index (χ4n) is 0.949. The molecule has 0 saturated carbocycles. The van der Waals surface area contributed by atoms with Gasteiger partial charge in [0.15, 0.2) is 0 Å². The first kappa shape index (κ1) is 11.5. The highest BCUT2D eigenvalue weighted by atomic mass is 32.1. The Labute approximate surface area is 83.4 Å². The average Bonchev–Trinajstić information content (AvgIpc) is 2.46. The number of aromatic nitrogens is 1. The molecule has 1 atom stereocenters. The normalized spacial score (nSPS) is 14.4. The molecule has 0 aromatic carbocycles. The molecule has 0 bridgehead atoms. The predicted molar refractivity (Wildman–Crippen MR) is 47.1 cm³/mol. The Hall–Kier alpha value is -0.620. The Balaban J connectivity index is 2.47. The third-order valence-electron chi connectivity index (χ3n) is 1.62. The molecule has 0 aliphatic carbocycles. The summed E-state index contributed by atoms with van der Waals surface area (Å²) < 4.78 is 35.4. The van der Waals surface area contributed by atoms with Crippen LogP contribution in [-0.4, -0.2) is 16.3 Å². The van der Waals surface area contributed by atoms with Crippen molar-refractivity contribution in [2.24, 2.45) is 0 Å². The molecular weight excluding hydrogens is 215 g/mol. The SMILES string of the molecule is Cc1csc(C(O)CCC(F)(F)F)n1. The van der Waals surface area contributed by atoms with E-state index < -0.39 is 18.7 Å². The number of aliphatic hydroxyl groups excluding tert-OH is 1. The van der Waals surface area contributed by atoms with Gasteiger partial charge in [0.05, 0.1) is 0 Å². The Kier molecular flexibility index (Phi) is 3.49. The number of hydrogen-bond acceptors (Lipinski definition) is 3. The second-order valence-electron chi connectivity index (χ2n) is 3.00. The molecule has 0 amide bonds. The van der Waals surface area contributed by atoms with Gasteiger partial charge in [0.2, 0.25) is 0 Å². The van der Waals surface area contributed by atoms with Gasteiger partial charge in [-0.05, 0) is 13.3 Å². The molecule has 1 aromatic rings. The van der Waals surface area contributed by atoms with Gasteiger partial charge in [-0.15, -0.1) is 11.3 Å². The quantitative estimate of drug-likeness (QED) is 0.858. The van der Waals surface area contributed by atoms with Gasteiger partial charge in [-0.2, -0.15) is 13.2 Å². The minimum atomic E-state index is -4.21. The number of hydrogen-bond donors (Lipinski definition) is 1. The van der Waals surface area contributed by atoms with Crippen LogP contribution in [0.25, 0.3) is 0 Å². The van der Waals surface area contributed by atoms with Crippen LogP contribution in [0.1, 0.15) is 29.6 Å². The van der Waals surface area contributed by atoms with E-state index in [0.29, 0.717) is 5.01 Å². The second kappa shape index (κ2) is 4.27. The molecule has 14 heavy (non-hydrogen) atoms. The summed E-state index contributed by atoms with van der Waals surface area (Å²) in [7, 11) is 0. The van der Waals surface area contributed by atoms with Crippen LogP contribution in [0.3, 0.4) is 0 Å². The van der Waals surface area contributed by atoms with Crippen LogP contribution in [0.5, 0.6) is 0 Å². The lowest BCUT2D eigenvalue weighted by Gasteiger charge is -2.09. The van der Waals surface area contributed by atoms with Crippen molar-refractivity contribution in [2.75, 3.05) is 0 Å². The molecule has 0 aliphatic heterocycles. The number of rotatable bonds is 3. The monoisotopic (exact) mass is 225 g/mol. The lowest BCUT2D eigenvalue weighted by atomic mass is 10.2. The van der Waals surface area contributed by atoms with Crippen LogP contribution in [0, 0.1) is 6.92 Å². The largest absolute Gasteiger partial charge is 0.389 e. The van der Waals surface area contributed by atoms with E-state index in [4.69, 9.17) is 0 Å². The Morgan fingerprint density at radius 1 is 1.57 bits per heavy atom. The summed E-state index contributed by atoms with van der Waals surface area (Å²) in [5, 5.41) is 11.4. The molecule has 0 saturated heterocycles. The van der Waals surface area contributed by atoms with Gasteiger partial charge in [0.25, 0.3) is 0 Å². The van der Waals surface area contributed by atoms with Gasteiger partial charge >= 0.3 is 6.18 Å². The Morgan fingerprint density at radius 2 is 2.21 bits per heavy atom. The van der Waals surface area contributed by atoms with Crippen molar-refractivity contribution in [2.45, 2.75) is 32.0 Å². The molecule has 0 spiro atoms. The summed E-state index contributed by atoms with van der Waals surface area (Å²) >= 11 is 1.18. The average molecular weight is 225 g/mol. The first-order valence-electron chi connectivity index (χ1n) is 4.05. The van der Waals surface area contributed by atoms with Crippen molar-refractivity contribution in [3.05, 3.63) is 16.1 Å². The Morgan fingerprint density at radius 3 is 2.64 bits per heavy atom. The van der Waals surface area contributed by atoms with Crippen molar-refractivity contribution in [1.82, 2.24) is 4.98 Å². The number of nitrogens with zero attached hydrogens (tertiary/aromatic N) is 1. The van der Waals surface area contributed by atoms with Crippen LogP contribution < -0.4 is 0 Å². The van der Waals surface area contributed by atoms with Crippen LogP contribution in [0.4, 0.5) is 13.2 Å². The zero-order valence-electron chi connectivity index (χ0n) is 7.51. The molecule has 6 heteroatoms. The van der Waals surface area contributed by atoms with E-state index in [1.54, 1.807) is 12.3 Å². The summed E-state index contributed by atoms with van der Waals surface area (Å²) in [5.74, 6) is 0. The molecule has 1 heterocycles. The van der Waals surface area contributed by atoms with E-state index in [1.165, 1.54) is 11.3 Å². The van der Waals surface area contributed by atoms with Crippen molar-refractivity contribution in [3.8, 4) is 0 Å². The maximum Gasteiger partial charge on any atom is 0.389 e. The van der Waals surface area contributed by atoms with Gasteiger partial charge in [0, 0.05) is 17.5 Å². The summed E-state index contributed by atoms with van der Waals surface area (Å²) in [5.41, 5.74) is 0.719. The fraction of sp³-hybridized carbons (Fsp3) is 0.625. The summed E-state index contributed by atoms with van der Waals surface area (Å²) in [6, 6.07) is 0. The molecule has 1 unspecified atom stereocenters. The maximum absolute atomic E-state index is 11.8.